The molecule has 1 saturated heterocycles. The molecule has 1 atom stereocenters. The Labute approximate surface area is 97.4 Å². The highest BCUT2D eigenvalue weighted by Crippen LogP contribution is 2.19. The van der Waals surface area contributed by atoms with Crippen LogP contribution in [0.3, 0.4) is 0 Å². The van der Waals surface area contributed by atoms with Crippen molar-refractivity contribution in [3.05, 3.63) is 0 Å². The van der Waals surface area contributed by atoms with Gasteiger partial charge in [-0.05, 0) is 6.42 Å². The molecule has 0 bridgehead atoms. The van der Waals surface area contributed by atoms with Gasteiger partial charge in [-0.3, -0.25) is 0 Å². The maximum Gasteiger partial charge on any atom is 0.180 e. The van der Waals surface area contributed by atoms with E-state index in [1.165, 1.54) is 0 Å². The first kappa shape index (κ1) is 13.9. The third kappa shape index (κ3) is 4.76. The summed E-state index contributed by atoms with van der Waals surface area (Å²) in [5.41, 5.74) is 0. The molecule has 1 N–H and O–H groups in total. The van der Waals surface area contributed by atoms with E-state index in [1.54, 1.807) is 7.11 Å². The number of hydrogen-bond acceptors (Lipinski definition) is 5. The van der Waals surface area contributed by atoms with Gasteiger partial charge in [0.25, 0.3) is 0 Å². The van der Waals surface area contributed by atoms with Gasteiger partial charge in [-0.15, -0.1) is 0 Å². The molecule has 1 rings (SSSR count). The van der Waals surface area contributed by atoms with Crippen molar-refractivity contribution in [3.8, 4) is 0 Å². The van der Waals surface area contributed by atoms with Gasteiger partial charge in [-0.25, -0.2) is 0 Å². The maximum atomic E-state index is 5.75. The minimum absolute atomic E-state index is 0.455. The van der Waals surface area contributed by atoms with Crippen LogP contribution in [0.4, 0.5) is 0 Å². The molecule has 0 amide bonds. The zero-order valence-electron chi connectivity index (χ0n) is 10.3. The Balaban J connectivity index is 2.08. The lowest BCUT2D eigenvalue weighted by Crippen LogP contribution is -2.51. The van der Waals surface area contributed by atoms with Gasteiger partial charge in [0.2, 0.25) is 0 Å². The predicted octanol–water partition coefficient (Wildman–Crippen LogP) is 0.392. The molecular formula is C11H23NO4. The number of morpholine rings is 1. The minimum Gasteiger partial charge on any atom is -0.382 e. The van der Waals surface area contributed by atoms with E-state index in [9.17, 15) is 0 Å². The first-order valence-corrected chi connectivity index (χ1v) is 5.88. The lowest BCUT2D eigenvalue weighted by Gasteiger charge is -2.36. The summed E-state index contributed by atoms with van der Waals surface area (Å²) in [6.45, 7) is 6.79. The van der Waals surface area contributed by atoms with Crippen LogP contribution in [0.25, 0.3) is 0 Å². The van der Waals surface area contributed by atoms with Gasteiger partial charge in [0.05, 0.1) is 33.0 Å². The standard InChI is InChI=1S/C11H23NO4/c1-3-11(10-12-4-5-15-11)16-9-8-14-7-6-13-2/h12H,3-10H2,1-2H3. The van der Waals surface area contributed by atoms with Crippen molar-refractivity contribution < 1.29 is 18.9 Å². The molecule has 0 radical (unpaired) electrons. The van der Waals surface area contributed by atoms with Crippen LogP contribution in [0.2, 0.25) is 0 Å². The number of ether oxygens (including phenoxy) is 4. The molecule has 0 aromatic heterocycles. The quantitative estimate of drug-likeness (QED) is 0.615. The fourth-order valence-corrected chi connectivity index (χ4v) is 1.59. The Kier molecular flexibility index (Phi) is 6.91. The molecule has 96 valence electrons. The Morgan fingerprint density at radius 1 is 1.25 bits per heavy atom. The molecule has 0 saturated carbocycles. The Morgan fingerprint density at radius 3 is 2.69 bits per heavy atom. The van der Waals surface area contributed by atoms with Crippen molar-refractivity contribution in [1.82, 2.24) is 5.32 Å². The van der Waals surface area contributed by atoms with Gasteiger partial charge in [-0.2, -0.15) is 0 Å². The van der Waals surface area contributed by atoms with Crippen LogP contribution in [-0.2, 0) is 18.9 Å². The molecule has 0 aromatic rings. The van der Waals surface area contributed by atoms with Gasteiger partial charge in [-0.1, -0.05) is 6.92 Å². The lowest BCUT2D eigenvalue weighted by atomic mass is 10.2. The molecule has 1 aliphatic heterocycles. The van der Waals surface area contributed by atoms with Crippen LogP contribution in [-0.4, -0.2) is 59.0 Å². The van der Waals surface area contributed by atoms with Crippen LogP contribution in [0, 0.1) is 0 Å². The summed E-state index contributed by atoms with van der Waals surface area (Å²) in [5.74, 6) is -0.455. The normalized spacial score (nSPS) is 25.9. The zero-order chi connectivity index (χ0) is 11.7. The Bertz CT molecular complexity index is 171. The summed E-state index contributed by atoms with van der Waals surface area (Å²) in [6.07, 6.45) is 0.845. The molecule has 5 nitrogen and oxygen atoms in total. The lowest BCUT2D eigenvalue weighted by molar-refractivity contribution is -0.251. The van der Waals surface area contributed by atoms with E-state index in [2.05, 4.69) is 12.2 Å². The van der Waals surface area contributed by atoms with Crippen molar-refractivity contribution in [2.45, 2.75) is 19.1 Å². The predicted molar refractivity (Wildman–Crippen MR) is 60.5 cm³/mol. The molecule has 1 heterocycles. The van der Waals surface area contributed by atoms with Crippen molar-refractivity contribution >= 4 is 0 Å². The van der Waals surface area contributed by atoms with E-state index in [0.29, 0.717) is 33.0 Å². The van der Waals surface area contributed by atoms with Crippen LogP contribution >= 0.6 is 0 Å². The van der Waals surface area contributed by atoms with Gasteiger partial charge < -0.3 is 24.3 Å². The highest BCUT2D eigenvalue weighted by Gasteiger charge is 2.31. The summed E-state index contributed by atoms with van der Waals surface area (Å²) in [7, 11) is 1.66. The van der Waals surface area contributed by atoms with Crippen LogP contribution in [0.15, 0.2) is 0 Å². The zero-order valence-corrected chi connectivity index (χ0v) is 10.3. The second kappa shape index (κ2) is 7.97. The van der Waals surface area contributed by atoms with Gasteiger partial charge >= 0.3 is 0 Å². The number of methoxy groups -OCH3 is 1. The molecule has 1 aliphatic rings. The molecule has 0 spiro atoms. The molecule has 1 fully saturated rings. The van der Waals surface area contributed by atoms with E-state index in [-0.39, 0.29) is 0 Å². The van der Waals surface area contributed by atoms with Crippen LogP contribution in [0.5, 0.6) is 0 Å². The van der Waals surface area contributed by atoms with Gasteiger partial charge in [0.15, 0.2) is 5.79 Å². The third-order valence-electron chi connectivity index (χ3n) is 2.60. The van der Waals surface area contributed by atoms with Gasteiger partial charge in [0, 0.05) is 20.2 Å². The summed E-state index contributed by atoms with van der Waals surface area (Å²) in [6, 6.07) is 0. The second-order valence-corrected chi connectivity index (χ2v) is 3.74. The number of nitrogens with one attached hydrogen (secondary N) is 1. The monoisotopic (exact) mass is 233 g/mol. The third-order valence-corrected chi connectivity index (χ3v) is 2.60. The fraction of sp³-hybridized carbons (Fsp3) is 1.00. The SMILES string of the molecule is CCC1(OCCOCCOC)CNCCO1. The van der Waals surface area contributed by atoms with E-state index >= 15 is 0 Å². The van der Waals surface area contributed by atoms with E-state index < -0.39 is 5.79 Å². The Hall–Kier alpha value is -0.200. The first-order chi connectivity index (χ1) is 7.83. The fourth-order valence-electron chi connectivity index (χ4n) is 1.59. The average molecular weight is 233 g/mol. The molecular weight excluding hydrogens is 210 g/mol. The Morgan fingerprint density at radius 2 is 2.06 bits per heavy atom. The second-order valence-electron chi connectivity index (χ2n) is 3.74. The summed E-state index contributed by atoms with van der Waals surface area (Å²) in [4.78, 5) is 0. The minimum atomic E-state index is -0.455. The average Bonchev–Trinajstić information content (AvgIpc) is 2.35. The van der Waals surface area contributed by atoms with E-state index in [1.807, 2.05) is 0 Å². The molecule has 0 aromatic carbocycles. The summed E-state index contributed by atoms with van der Waals surface area (Å²) >= 11 is 0. The van der Waals surface area contributed by atoms with E-state index in [0.717, 1.165) is 19.5 Å². The van der Waals surface area contributed by atoms with Crippen molar-refractivity contribution in [3.63, 3.8) is 0 Å². The topological polar surface area (TPSA) is 49.0 Å². The van der Waals surface area contributed by atoms with Crippen LogP contribution < -0.4 is 5.32 Å². The number of hydrogen-bond donors (Lipinski definition) is 1. The van der Waals surface area contributed by atoms with Gasteiger partial charge in [0.1, 0.15) is 0 Å². The molecule has 16 heavy (non-hydrogen) atoms. The largest absolute Gasteiger partial charge is 0.382 e. The highest BCUT2D eigenvalue weighted by molar-refractivity contribution is 4.75. The molecule has 1 unspecified atom stereocenters. The van der Waals surface area contributed by atoms with Crippen LogP contribution in [0.1, 0.15) is 13.3 Å². The van der Waals surface area contributed by atoms with Crippen molar-refractivity contribution in [2.24, 2.45) is 0 Å². The van der Waals surface area contributed by atoms with Crippen molar-refractivity contribution in [1.29, 1.82) is 0 Å². The molecule has 5 heteroatoms. The number of rotatable bonds is 8. The van der Waals surface area contributed by atoms with E-state index in [4.69, 9.17) is 18.9 Å². The summed E-state index contributed by atoms with van der Waals surface area (Å²) < 4.78 is 21.6. The maximum absolute atomic E-state index is 5.75. The van der Waals surface area contributed by atoms with Crippen molar-refractivity contribution in [2.75, 3.05) is 53.2 Å². The highest BCUT2D eigenvalue weighted by atomic mass is 16.7. The first-order valence-electron chi connectivity index (χ1n) is 5.88. The smallest absolute Gasteiger partial charge is 0.180 e. The molecule has 0 aliphatic carbocycles. The summed E-state index contributed by atoms with van der Waals surface area (Å²) in [5, 5.41) is 3.28.